The predicted octanol–water partition coefficient (Wildman–Crippen LogP) is 5.57. The maximum absolute atomic E-state index is 14.3. The molecule has 1 aliphatic rings. The molecule has 1 fully saturated rings. The van der Waals surface area contributed by atoms with Crippen molar-refractivity contribution in [2.75, 3.05) is 32.8 Å². The van der Waals surface area contributed by atoms with Gasteiger partial charge in [0.05, 0.1) is 25.3 Å². The number of carbonyl (C=O) groups excluding carboxylic acids is 1. The van der Waals surface area contributed by atoms with E-state index in [9.17, 15) is 9.18 Å². The van der Waals surface area contributed by atoms with Gasteiger partial charge in [-0.3, -0.25) is 0 Å². The van der Waals surface area contributed by atoms with Crippen LogP contribution in [-0.4, -0.2) is 48.3 Å². The van der Waals surface area contributed by atoms with Gasteiger partial charge in [-0.05, 0) is 70.5 Å². The number of esters is 1. The summed E-state index contributed by atoms with van der Waals surface area (Å²) in [6, 6.07) is 12.5. The van der Waals surface area contributed by atoms with Crippen LogP contribution in [0, 0.1) is 12.7 Å². The van der Waals surface area contributed by atoms with Crippen molar-refractivity contribution in [3.05, 3.63) is 65.1 Å². The first-order chi connectivity index (χ1) is 16.1. The molecule has 1 aliphatic heterocycles. The summed E-state index contributed by atoms with van der Waals surface area (Å²) in [5.74, 6) is 0.106. The first-order valence-electron chi connectivity index (χ1n) is 12.0. The molecular weight excluding hydrogens is 419 g/mol. The van der Waals surface area contributed by atoms with Gasteiger partial charge in [-0.25, -0.2) is 9.18 Å². The Bertz CT molecular complexity index is 1100. The third-order valence-corrected chi connectivity index (χ3v) is 6.40. The summed E-state index contributed by atoms with van der Waals surface area (Å²) >= 11 is 0. The number of rotatable bonds is 9. The molecule has 0 aliphatic carbocycles. The Morgan fingerprint density at radius 2 is 1.88 bits per heavy atom. The monoisotopic (exact) mass is 452 g/mol. The number of carbonyl (C=O) groups is 1. The van der Waals surface area contributed by atoms with Gasteiger partial charge in [0.2, 0.25) is 0 Å². The van der Waals surface area contributed by atoms with E-state index in [0.29, 0.717) is 30.9 Å². The van der Waals surface area contributed by atoms with Crippen LogP contribution in [0.25, 0.3) is 10.9 Å². The lowest BCUT2D eigenvalue weighted by atomic mass is 10.1. The lowest BCUT2D eigenvalue weighted by molar-refractivity contribution is 0.0527. The Hall–Kier alpha value is -2.86. The van der Waals surface area contributed by atoms with Crippen LogP contribution >= 0.6 is 0 Å². The first-order valence-corrected chi connectivity index (χ1v) is 12.0. The fourth-order valence-corrected chi connectivity index (χ4v) is 4.67. The number of fused-ring (bicyclic) bond motifs is 1. The summed E-state index contributed by atoms with van der Waals surface area (Å²) < 4.78 is 27.7. The number of likely N-dealkylation sites (tertiary alicyclic amines) is 1. The highest BCUT2D eigenvalue weighted by molar-refractivity contribution is 6.06. The van der Waals surface area contributed by atoms with E-state index in [-0.39, 0.29) is 11.8 Å². The van der Waals surface area contributed by atoms with Crippen molar-refractivity contribution < 1.29 is 18.7 Å². The van der Waals surface area contributed by atoms with E-state index in [2.05, 4.69) is 4.90 Å². The predicted molar refractivity (Wildman–Crippen MR) is 129 cm³/mol. The van der Waals surface area contributed by atoms with Gasteiger partial charge in [0.1, 0.15) is 11.6 Å². The standard InChI is InChI=1S/C27H33FN2O3/c1-3-32-27(31)26-20(2)30(19-21-10-5-6-11-24(21)28)25-13-12-22(18-23(25)26)33-17-9-16-29-14-7-4-8-15-29/h5-6,10-13,18H,3-4,7-9,14-17,19H2,1-2H3. The van der Waals surface area contributed by atoms with Crippen LogP contribution in [0.4, 0.5) is 4.39 Å². The highest BCUT2D eigenvalue weighted by Crippen LogP contribution is 2.31. The Balaban J connectivity index is 1.57. The Morgan fingerprint density at radius 1 is 1.09 bits per heavy atom. The molecular formula is C27H33FN2O3. The molecule has 0 bridgehead atoms. The van der Waals surface area contributed by atoms with Gasteiger partial charge in [0.15, 0.2) is 0 Å². The highest BCUT2D eigenvalue weighted by atomic mass is 19.1. The largest absolute Gasteiger partial charge is 0.494 e. The normalized spacial score (nSPS) is 14.5. The zero-order chi connectivity index (χ0) is 23.2. The van der Waals surface area contributed by atoms with Gasteiger partial charge < -0.3 is 18.9 Å². The van der Waals surface area contributed by atoms with Crippen LogP contribution in [0.2, 0.25) is 0 Å². The van der Waals surface area contributed by atoms with Gasteiger partial charge >= 0.3 is 5.97 Å². The molecule has 1 saturated heterocycles. The van der Waals surface area contributed by atoms with Crippen LogP contribution in [-0.2, 0) is 11.3 Å². The lowest BCUT2D eigenvalue weighted by Crippen LogP contribution is -2.31. The fourth-order valence-electron chi connectivity index (χ4n) is 4.67. The number of hydrogen-bond donors (Lipinski definition) is 0. The zero-order valence-corrected chi connectivity index (χ0v) is 19.6. The third-order valence-electron chi connectivity index (χ3n) is 6.40. The average Bonchev–Trinajstić information content (AvgIpc) is 3.09. The molecule has 0 saturated carbocycles. The summed E-state index contributed by atoms with van der Waals surface area (Å²) in [5.41, 5.74) is 2.71. The number of aromatic nitrogens is 1. The van der Waals surface area contributed by atoms with Crippen LogP contribution in [0.5, 0.6) is 5.75 Å². The van der Waals surface area contributed by atoms with Crippen molar-refractivity contribution in [2.24, 2.45) is 0 Å². The molecule has 3 aromatic rings. The molecule has 2 aromatic carbocycles. The van der Waals surface area contributed by atoms with E-state index in [1.165, 1.54) is 38.4 Å². The summed E-state index contributed by atoms with van der Waals surface area (Å²) in [6.07, 6.45) is 4.89. The van der Waals surface area contributed by atoms with E-state index >= 15 is 0 Å². The summed E-state index contributed by atoms with van der Waals surface area (Å²) in [5, 5.41) is 0.774. The molecule has 0 atom stereocenters. The van der Waals surface area contributed by atoms with Crippen LogP contribution in [0.3, 0.4) is 0 Å². The molecule has 4 rings (SSSR count). The smallest absolute Gasteiger partial charge is 0.340 e. The van der Waals surface area contributed by atoms with Crippen molar-refractivity contribution in [3.63, 3.8) is 0 Å². The molecule has 33 heavy (non-hydrogen) atoms. The maximum Gasteiger partial charge on any atom is 0.340 e. The van der Waals surface area contributed by atoms with Crippen molar-refractivity contribution in [2.45, 2.75) is 46.1 Å². The van der Waals surface area contributed by atoms with E-state index in [4.69, 9.17) is 9.47 Å². The number of ether oxygens (including phenoxy) is 2. The minimum atomic E-state index is -0.366. The SMILES string of the molecule is CCOC(=O)c1c(C)n(Cc2ccccc2F)c2ccc(OCCCN3CCCCC3)cc12. The van der Waals surface area contributed by atoms with E-state index in [0.717, 1.165) is 35.3 Å². The van der Waals surface area contributed by atoms with Crippen molar-refractivity contribution >= 4 is 16.9 Å². The minimum absolute atomic E-state index is 0.259. The number of hydrogen-bond acceptors (Lipinski definition) is 4. The Morgan fingerprint density at radius 3 is 2.64 bits per heavy atom. The number of halogens is 1. The molecule has 5 nitrogen and oxygen atoms in total. The highest BCUT2D eigenvalue weighted by Gasteiger charge is 2.22. The topological polar surface area (TPSA) is 43.7 Å². The Kier molecular flexibility index (Phi) is 7.65. The van der Waals surface area contributed by atoms with Gasteiger partial charge in [0, 0.05) is 28.7 Å². The van der Waals surface area contributed by atoms with E-state index in [1.54, 1.807) is 19.1 Å². The van der Waals surface area contributed by atoms with Crippen LogP contribution < -0.4 is 4.74 Å². The Labute approximate surface area is 195 Å². The minimum Gasteiger partial charge on any atom is -0.494 e. The van der Waals surface area contributed by atoms with Gasteiger partial charge in [-0.1, -0.05) is 24.6 Å². The lowest BCUT2D eigenvalue weighted by Gasteiger charge is -2.26. The molecule has 0 N–H and O–H groups in total. The molecule has 0 unspecified atom stereocenters. The van der Waals surface area contributed by atoms with Crippen molar-refractivity contribution in [1.82, 2.24) is 9.47 Å². The molecule has 0 amide bonds. The first kappa shape index (κ1) is 23.3. The quantitative estimate of drug-likeness (QED) is 0.315. The molecule has 0 radical (unpaired) electrons. The summed E-state index contributed by atoms with van der Waals surface area (Å²) in [6.45, 7) is 8.36. The van der Waals surface area contributed by atoms with Crippen LogP contribution in [0.15, 0.2) is 42.5 Å². The summed E-state index contributed by atoms with van der Waals surface area (Å²) in [4.78, 5) is 15.3. The van der Waals surface area contributed by atoms with Gasteiger partial charge in [-0.2, -0.15) is 0 Å². The maximum atomic E-state index is 14.3. The zero-order valence-electron chi connectivity index (χ0n) is 19.6. The molecule has 176 valence electrons. The average molecular weight is 453 g/mol. The third kappa shape index (κ3) is 5.38. The van der Waals surface area contributed by atoms with Crippen molar-refractivity contribution in [1.29, 1.82) is 0 Å². The molecule has 0 spiro atoms. The summed E-state index contributed by atoms with van der Waals surface area (Å²) in [7, 11) is 0. The second-order valence-electron chi connectivity index (χ2n) is 8.64. The van der Waals surface area contributed by atoms with Gasteiger partial charge in [-0.15, -0.1) is 0 Å². The number of nitrogens with zero attached hydrogens (tertiary/aromatic N) is 2. The second-order valence-corrected chi connectivity index (χ2v) is 8.64. The van der Waals surface area contributed by atoms with Gasteiger partial charge in [0.25, 0.3) is 0 Å². The molecule has 6 heteroatoms. The van der Waals surface area contributed by atoms with E-state index < -0.39 is 0 Å². The molecule has 1 aromatic heterocycles. The molecule has 2 heterocycles. The number of benzene rings is 2. The van der Waals surface area contributed by atoms with Crippen LogP contribution in [0.1, 0.15) is 54.2 Å². The second kappa shape index (κ2) is 10.8. The van der Waals surface area contributed by atoms with Crippen molar-refractivity contribution in [3.8, 4) is 5.75 Å². The number of piperidine rings is 1. The van der Waals surface area contributed by atoms with E-state index in [1.807, 2.05) is 35.8 Å². The fraction of sp³-hybridized carbons (Fsp3) is 0.444.